The number of pyridine rings is 1. The molecule has 0 bridgehead atoms. The zero-order valence-electron chi connectivity index (χ0n) is 11.5. The van der Waals surface area contributed by atoms with Crippen molar-refractivity contribution in [1.82, 2.24) is 4.98 Å². The molecule has 0 saturated carbocycles. The van der Waals surface area contributed by atoms with Crippen molar-refractivity contribution in [2.45, 2.75) is 0 Å². The monoisotopic (exact) mass is 289 g/mol. The van der Waals surface area contributed by atoms with Crippen molar-refractivity contribution in [3.8, 4) is 11.1 Å². The van der Waals surface area contributed by atoms with Crippen LogP contribution in [0.15, 0.2) is 65.3 Å². The maximum Gasteiger partial charge on any atom is 0.371 e. The average molecular weight is 289 g/mol. The first-order chi connectivity index (χ1) is 10.7. The zero-order valence-corrected chi connectivity index (χ0v) is 11.5. The second-order valence-electron chi connectivity index (χ2n) is 5.04. The molecule has 0 spiro atoms. The van der Waals surface area contributed by atoms with Crippen LogP contribution < -0.4 is 0 Å². The molecule has 0 atom stereocenters. The number of carbonyl (C=O) groups is 1. The molecule has 0 radical (unpaired) electrons. The molecule has 0 aliphatic carbocycles. The molecule has 4 nitrogen and oxygen atoms in total. The molecule has 0 fully saturated rings. The molecular weight excluding hydrogens is 278 g/mol. The van der Waals surface area contributed by atoms with Gasteiger partial charge in [-0.1, -0.05) is 24.3 Å². The Morgan fingerprint density at radius 2 is 1.73 bits per heavy atom. The molecule has 2 aromatic heterocycles. The zero-order chi connectivity index (χ0) is 15.1. The van der Waals surface area contributed by atoms with Gasteiger partial charge in [0, 0.05) is 23.2 Å². The Morgan fingerprint density at radius 1 is 1.00 bits per heavy atom. The maximum absolute atomic E-state index is 11.2. The fourth-order valence-electron chi connectivity index (χ4n) is 2.75. The van der Waals surface area contributed by atoms with E-state index in [1.807, 2.05) is 42.5 Å². The first-order valence-electron chi connectivity index (χ1n) is 6.83. The van der Waals surface area contributed by atoms with E-state index in [-0.39, 0.29) is 5.76 Å². The van der Waals surface area contributed by atoms with Gasteiger partial charge in [0.15, 0.2) is 0 Å². The molecule has 2 aromatic carbocycles. The molecule has 22 heavy (non-hydrogen) atoms. The van der Waals surface area contributed by atoms with Crippen molar-refractivity contribution in [2.24, 2.45) is 0 Å². The first kappa shape index (κ1) is 12.6. The second-order valence-corrected chi connectivity index (χ2v) is 5.04. The van der Waals surface area contributed by atoms with E-state index >= 15 is 0 Å². The van der Waals surface area contributed by atoms with Gasteiger partial charge in [-0.3, -0.25) is 4.98 Å². The summed E-state index contributed by atoms with van der Waals surface area (Å²) in [5.41, 5.74) is 2.67. The summed E-state index contributed by atoms with van der Waals surface area (Å²) < 4.78 is 5.52. The summed E-state index contributed by atoms with van der Waals surface area (Å²) in [6.07, 6.45) is 3.48. The summed E-state index contributed by atoms with van der Waals surface area (Å²) in [6, 6.07) is 15.2. The number of aromatic carboxylic acids is 1. The van der Waals surface area contributed by atoms with Gasteiger partial charge < -0.3 is 9.52 Å². The SMILES string of the molecule is O=C(O)c1cc2cc(-c3ccncc3)c3ccccc3c2o1. The fraction of sp³-hybridized carbons (Fsp3) is 0. The third kappa shape index (κ3) is 1.85. The van der Waals surface area contributed by atoms with E-state index in [2.05, 4.69) is 4.98 Å². The van der Waals surface area contributed by atoms with Crippen molar-refractivity contribution in [2.75, 3.05) is 0 Å². The molecule has 2 heterocycles. The third-order valence-electron chi connectivity index (χ3n) is 3.72. The van der Waals surface area contributed by atoms with Gasteiger partial charge in [0.25, 0.3) is 0 Å². The Morgan fingerprint density at radius 3 is 2.45 bits per heavy atom. The van der Waals surface area contributed by atoms with Crippen LogP contribution in [-0.4, -0.2) is 16.1 Å². The molecule has 0 unspecified atom stereocenters. The van der Waals surface area contributed by atoms with Gasteiger partial charge >= 0.3 is 5.97 Å². The van der Waals surface area contributed by atoms with Crippen molar-refractivity contribution >= 4 is 27.7 Å². The molecule has 106 valence electrons. The highest BCUT2D eigenvalue weighted by molar-refractivity contribution is 6.12. The van der Waals surface area contributed by atoms with Crippen LogP contribution in [0.1, 0.15) is 10.6 Å². The molecular formula is C18H11NO3. The lowest BCUT2D eigenvalue weighted by molar-refractivity contribution is 0.0665. The number of fused-ring (bicyclic) bond motifs is 3. The van der Waals surface area contributed by atoms with Crippen LogP contribution in [0.25, 0.3) is 32.9 Å². The van der Waals surface area contributed by atoms with Crippen LogP contribution in [0.2, 0.25) is 0 Å². The number of rotatable bonds is 2. The number of hydrogen-bond donors (Lipinski definition) is 1. The van der Waals surface area contributed by atoms with E-state index in [0.717, 1.165) is 27.3 Å². The predicted molar refractivity (Wildman–Crippen MR) is 83.9 cm³/mol. The number of carboxylic acids is 1. The Kier molecular flexibility index (Phi) is 2.69. The van der Waals surface area contributed by atoms with E-state index in [1.165, 1.54) is 0 Å². The van der Waals surface area contributed by atoms with Gasteiger partial charge in [0.05, 0.1) is 0 Å². The Bertz CT molecular complexity index is 1000. The summed E-state index contributed by atoms with van der Waals surface area (Å²) in [5.74, 6) is -1.11. The van der Waals surface area contributed by atoms with E-state index in [0.29, 0.717) is 5.58 Å². The van der Waals surface area contributed by atoms with Gasteiger partial charge in [-0.05, 0) is 40.8 Å². The van der Waals surface area contributed by atoms with Crippen LogP contribution in [0, 0.1) is 0 Å². The highest BCUT2D eigenvalue weighted by Crippen LogP contribution is 2.36. The maximum atomic E-state index is 11.2. The minimum atomic E-state index is -1.06. The highest BCUT2D eigenvalue weighted by atomic mass is 16.4. The number of aromatic nitrogens is 1. The van der Waals surface area contributed by atoms with Gasteiger partial charge in [-0.2, -0.15) is 0 Å². The number of nitrogens with zero attached hydrogens (tertiary/aromatic N) is 1. The van der Waals surface area contributed by atoms with Crippen molar-refractivity contribution in [1.29, 1.82) is 0 Å². The third-order valence-corrected chi connectivity index (χ3v) is 3.72. The van der Waals surface area contributed by atoms with Gasteiger partial charge in [-0.25, -0.2) is 4.79 Å². The fourth-order valence-corrected chi connectivity index (χ4v) is 2.75. The predicted octanol–water partition coefficient (Wildman–Crippen LogP) is 4.35. The summed E-state index contributed by atoms with van der Waals surface area (Å²) in [5, 5.41) is 11.8. The van der Waals surface area contributed by atoms with E-state index in [1.54, 1.807) is 18.5 Å². The Balaban J connectivity index is 2.13. The van der Waals surface area contributed by atoms with Crippen LogP contribution in [-0.2, 0) is 0 Å². The lowest BCUT2D eigenvalue weighted by atomic mass is 9.97. The topological polar surface area (TPSA) is 63.3 Å². The standard InChI is InChI=1S/C18H11NO3/c20-18(21)16-10-12-9-15(11-5-7-19-8-6-11)13-3-1-2-4-14(13)17(12)22-16/h1-10H,(H,20,21). The highest BCUT2D eigenvalue weighted by Gasteiger charge is 2.15. The van der Waals surface area contributed by atoms with Gasteiger partial charge in [-0.15, -0.1) is 0 Å². The Hall–Kier alpha value is -3.14. The molecule has 0 aliphatic heterocycles. The minimum absolute atomic E-state index is 0.0490. The quantitative estimate of drug-likeness (QED) is 0.596. The van der Waals surface area contributed by atoms with Crippen LogP contribution in [0.3, 0.4) is 0 Å². The summed E-state index contributed by atoms with van der Waals surface area (Å²) >= 11 is 0. The summed E-state index contributed by atoms with van der Waals surface area (Å²) in [4.78, 5) is 15.2. The molecule has 4 aromatic rings. The second kappa shape index (κ2) is 4.70. The minimum Gasteiger partial charge on any atom is -0.475 e. The normalized spacial score (nSPS) is 11.1. The molecule has 0 saturated heterocycles. The molecule has 4 heteroatoms. The smallest absolute Gasteiger partial charge is 0.371 e. The number of hydrogen-bond acceptors (Lipinski definition) is 3. The van der Waals surface area contributed by atoms with Crippen LogP contribution >= 0.6 is 0 Å². The van der Waals surface area contributed by atoms with E-state index in [4.69, 9.17) is 9.52 Å². The number of benzene rings is 2. The van der Waals surface area contributed by atoms with E-state index < -0.39 is 5.97 Å². The van der Waals surface area contributed by atoms with Crippen LogP contribution in [0.4, 0.5) is 0 Å². The first-order valence-corrected chi connectivity index (χ1v) is 6.83. The average Bonchev–Trinajstić information content (AvgIpc) is 2.99. The largest absolute Gasteiger partial charge is 0.475 e. The lowest BCUT2D eigenvalue weighted by Crippen LogP contribution is -1.91. The van der Waals surface area contributed by atoms with E-state index in [9.17, 15) is 4.79 Å². The molecule has 0 amide bonds. The summed E-state index contributed by atoms with van der Waals surface area (Å²) in [7, 11) is 0. The molecule has 0 aliphatic rings. The molecule has 4 rings (SSSR count). The Labute approximate surface area is 125 Å². The number of furan rings is 1. The lowest BCUT2D eigenvalue weighted by Gasteiger charge is -2.07. The van der Waals surface area contributed by atoms with Crippen molar-refractivity contribution in [3.63, 3.8) is 0 Å². The van der Waals surface area contributed by atoms with Gasteiger partial charge in [0.2, 0.25) is 5.76 Å². The van der Waals surface area contributed by atoms with Gasteiger partial charge in [0.1, 0.15) is 5.58 Å². The van der Waals surface area contributed by atoms with Crippen LogP contribution in [0.5, 0.6) is 0 Å². The summed E-state index contributed by atoms with van der Waals surface area (Å²) in [6.45, 7) is 0. The number of carboxylic acid groups (broad SMARTS) is 1. The van der Waals surface area contributed by atoms with Crippen molar-refractivity contribution < 1.29 is 14.3 Å². The molecule has 1 N–H and O–H groups in total. The van der Waals surface area contributed by atoms with Crippen molar-refractivity contribution in [3.05, 3.63) is 66.7 Å².